The van der Waals surface area contributed by atoms with Crippen LogP contribution in [0.2, 0.25) is 0 Å². The normalized spacial score (nSPS) is 12.5. The molecule has 1 unspecified atom stereocenters. The number of benzene rings is 1. The van der Waals surface area contributed by atoms with E-state index in [1.165, 1.54) is 5.56 Å². The number of methoxy groups -OCH3 is 1. The summed E-state index contributed by atoms with van der Waals surface area (Å²) in [6.45, 7) is 2.89. The van der Waals surface area contributed by atoms with E-state index in [1.54, 1.807) is 7.11 Å². The molecule has 2 N–H and O–H groups in total. The van der Waals surface area contributed by atoms with Crippen molar-refractivity contribution in [3.63, 3.8) is 0 Å². The van der Waals surface area contributed by atoms with Crippen molar-refractivity contribution < 1.29 is 4.74 Å². The third kappa shape index (κ3) is 3.07. The van der Waals surface area contributed by atoms with E-state index in [4.69, 9.17) is 10.5 Å². The highest BCUT2D eigenvalue weighted by atomic mass is 16.5. The molecule has 72 valence electrons. The molecule has 1 rings (SSSR count). The van der Waals surface area contributed by atoms with E-state index >= 15 is 0 Å². The monoisotopic (exact) mass is 179 g/mol. The Morgan fingerprint density at radius 2 is 2.23 bits per heavy atom. The zero-order chi connectivity index (χ0) is 9.68. The molecule has 0 saturated heterocycles. The largest absolute Gasteiger partial charge is 0.497 e. The van der Waals surface area contributed by atoms with Gasteiger partial charge in [-0.15, -0.1) is 0 Å². The minimum atomic E-state index is 0.534. The molecule has 0 fully saturated rings. The highest BCUT2D eigenvalue weighted by Gasteiger charge is 2.01. The van der Waals surface area contributed by atoms with Gasteiger partial charge in [0.25, 0.3) is 0 Å². The molecular weight excluding hydrogens is 162 g/mol. The molecule has 0 amide bonds. The Labute approximate surface area is 79.7 Å². The van der Waals surface area contributed by atoms with E-state index in [0.717, 1.165) is 18.7 Å². The zero-order valence-electron chi connectivity index (χ0n) is 8.29. The van der Waals surface area contributed by atoms with Crippen LogP contribution >= 0.6 is 0 Å². The van der Waals surface area contributed by atoms with Crippen molar-refractivity contribution in [1.29, 1.82) is 0 Å². The highest BCUT2D eigenvalue weighted by molar-refractivity contribution is 5.28. The van der Waals surface area contributed by atoms with Gasteiger partial charge in [-0.25, -0.2) is 0 Å². The van der Waals surface area contributed by atoms with Gasteiger partial charge >= 0.3 is 0 Å². The Hall–Kier alpha value is -1.02. The molecule has 2 nitrogen and oxygen atoms in total. The lowest BCUT2D eigenvalue weighted by Gasteiger charge is -2.09. The number of nitrogens with two attached hydrogens (primary N) is 1. The van der Waals surface area contributed by atoms with E-state index in [0.29, 0.717) is 5.92 Å². The Kier molecular flexibility index (Phi) is 3.77. The van der Waals surface area contributed by atoms with Gasteiger partial charge in [0, 0.05) is 0 Å². The Morgan fingerprint density at radius 1 is 1.46 bits per heavy atom. The van der Waals surface area contributed by atoms with Crippen LogP contribution in [-0.2, 0) is 6.42 Å². The Bertz CT molecular complexity index is 260. The summed E-state index contributed by atoms with van der Waals surface area (Å²) in [5.74, 6) is 1.45. The van der Waals surface area contributed by atoms with Gasteiger partial charge in [0.1, 0.15) is 5.75 Å². The van der Waals surface area contributed by atoms with Gasteiger partial charge in [-0.3, -0.25) is 0 Å². The van der Waals surface area contributed by atoms with Gasteiger partial charge in [-0.1, -0.05) is 19.1 Å². The first-order valence-electron chi connectivity index (χ1n) is 4.59. The fourth-order valence-corrected chi connectivity index (χ4v) is 1.29. The molecule has 1 aromatic carbocycles. The first-order valence-corrected chi connectivity index (χ1v) is 4.59. The van der Waals surface area contributed by atoms with Gasteiger partial charge < -0.3 is 10.5 Å². The molecule has 0 aliphatic carbocycles. The summed E-state index contributed by atoms with van der Waals surface area (Å²) in [4.78, 5) is 0. The number of rotatable bonds is 4. The molecular formula is C11H17NO. The van der Waals surface area contributed by atoms with Crippen LogP contribution in [-0.4, -0.2) is 13.7 Å². The van der Waals surface area contributed by atoms with Gasteiger partial charge in [0.2, 0.25) is 0 Å². The third-order valence-corrected chi connectivity index (χ3v) is 2.12. The van der Waals surface area contributed by atoms with E-state index in [1.807, 2.05) is 12.1 Å². The van der Waals surface area contributed by atoms with Gasteiger partial charge in [-0.2, -0.15) is 0 Å². The summed E-state index contributed by atoms with van der Waals surface area (Å²) < 4.78 is 5.14. The van der Waals surface area contributed by atoms with E-state index < -0.39 is 0 Å². The molecule has 0 aliphatic rings. The second-order valence-corrected chi connectivity index (χ2v) is 3.40. The first-order chi connectivity index (χ1) is 6.26. The second kappa shape index (κ2) is 4.87. The van der Waals surface area contributed by atoms with E-state index in [2.05, 4.69) is 19.1 Å². The summed E-state index contributed by atoms with van der Waals surface area (Å²) in [6, 6.07) is 8.13. The van der Waals surface area contributed by atoms with Crippen molar-refractivity contribution in [2.24, 2.45) is 11.7 Å². The van der Waals surface area contributed by atoms with Crippen molar-refractivity contribution in [3.8, 4) is 5.75 Å². The molecule has 13 heavy (non-hydrogen) atoms. The van der Waals surface area contributed by atoms with Gasteiger partial charge in [0.05, 0.1) is 7.11 Å². The van der Waals surface area contributed by atoms with Crippen LogP contribution in [0.1, 0.15) is 12.5 Å². The lowest BCUT2D eigenvalue weighted by molar-refractivity contribution is 0.414. The minimum absolute atomic E-state index is 0.534. The van der Waals surface area contributed by atoms with E-state index in [-0.39, 0.29) is 0 Å². The maximum Gasteiger partial charge on any atom is 0.119 e. The summed E-state index contributed by atoms with van der Waals surface area (Å²) >= 11 is 0. The summed E-state index contributed by atoms with van der Waals surface area (Å²) in [7, 11) is 1.69. The summed E-state index contributed by atoms with van der Waals surface area (Å²) in [6.07, 6.45) is 1.02. The molecule has 1 aromatic rings. The van der Waals surface area contributed by atoms with Crippen molar-refractivity contribution >= 4 is 0 Å². The Balaban J connectivity index is 2.66. The molecule has 0 spiro atoms. The molecule has 0 radical (unpaired) electrons. The molecule has 0 saturated carbocycles. The van der Waals surface area contributed by atoms with Crippen LogP contribution in [0.3, 0.4) is 0 Å². The quantitative estimate of drug-likeness (QED) is 0.765. The smallest absolute Gasteiger partial charge is 0.119 e. The van der Waals surface area contributed by atoms with Crippen molar-refractivity contribution in [3.05, 3.63) is 29.8 Å². The van der Waals surface area contributed by atoms with E-state index in [9.17, 15) is 0 Å². The lowest BCUT2D eigenvalue weighted by atomic mass is 10.0. The van der Waals surface area contributed by atoms with Crippen LogP contribution in [0.15, 0.2) is 24.3 Å². The van der Waals surface area contributed by atoms with Gasteiger partial charge in [0.15, 0.2) is 0 Å². The van der Waals surface area contributed by atoms with Gasteiger partial charge in [-0.05, 0) is 36.6 Å². The highest BCUT2D eigenvalue weighted by Crippen LogP contribution is 2.15. The van der Waals surface area contributed by atoms with Crippen LogP contribution < -0.4 is 10.5 Å². The SMILES string of the molecule is COc1cccc(CC(C)CN)c1. The predicted molar refractivity (Wildman–Crippen MR) is 54.9 cm³/mol. The number of hydrogen-bond acceptors (Lipinski definition) is 2. The fraction of sp³-hybridized carbons (Fsp3) is 0.455. The summed E-state index contributed by atoms with van der Waals surface area (Å²) in [5.41, 5.74) is 6.85. The molecule has 0 heterocycles. The van der Waals surface area contributed by atoms with Crippen LogP contribution in [0.4, 0.5) is 0 Å². The average molecular weight is 179 g/mol. The molecule has 0 aromatic heterocycles. The van der Waals surface area contributed by atoms with Crippen LogP contribution in [0.25, 0.3) is 0 Å². The van der Waals surface area contributed by atoms with Crippen molar-refractivity contribution in [2.45, 2.75) is 13.3 Å². The number of hydrogen-bond donors (Lipinski definition) is 1. The van der Waals surface area contributed by atoms with Crippen LogP contribution in [0.5, 0.6) is 5.75 Å². The Morgan fingerprint density at radius 3 is 2.85 bits per heavy atom. The topological polar surface area (TPSA) is 35.2 Å². The van der Waals surface area contributed by atoms with Crippen LogP contribution in [0, 0.1) is 5.92 Å². The summed E-state index contributed by atoms with van der Waals surface area (Å²) in [5, 5.41) is 0. The predicted octanol–water partition coefficient (Wildman–Crippen LogP) is 1.83. The van der Waals surface area contributed by atoms with Crippen molar-refractivity contribution in [1.82, 2.24) is 0 Å². The maximum atomic E-state index is 5.56. The molecule has 1 atom stereocenters. The second-order valence-electron chi connectivity index (χ2n) is 3.40. The fourth-order valence-electron chi connectivity index (χ4n) is 1.29. The third-order valence-electron chi connectivity index (χ3n) is 2.12. The first kappa shape index (κ1) is 10.1. The van der Waals surface area contributed by atoms with Crippen molar-refractivity contribution in [2.75, 3.05) is 13.7 Å². The zero-order valence-corrected chi connectivity index (χ0v) is 8.29. The average Bonchev–Trinajstić information content (AvgIpc) is 2.18. The standard InChI is InChI=1S/C11H17NO/c1-9(8-12)6-10-4-3-5-11(7-10)13-2/h3-5,7,9H,6,8,12H2,1-2H3. The molecule has 0 aliphatic heterocycles. The molecule has 2 heteroatoms. The minimum Gasteiger partial charge on any atom is -0.497 e. The lowest BCUT2D eigenvalue weighted by Crippen LogP contribution is -2.12. The maximum absolute atomic E-state index is 5.56. The number of ether oxygens (including phenoxy) is 1. The molecule has 0 bridgehead atoms.